The maximum absolute atomic E-state index is 11.3. The van der Waals surface area contributed by atoms with Crippen LogP contribution in [0.25, 0.3) is 11.1 Å². The molecule has 0 heterocycles. The van der Waals surface area contributed by atoms with E-state index in [-0.39, 0.29) is 0 Å². The summed E-state index contributed by atoms with van der Waals surface area (Å²) >= 11 is 3.36. The average Bonchev–Trinajstić information content (AvgIpc) is 2.40. The molecule has 18 heavy (non-hydrogen) atoms. The van der Waals surface area contributed by atoms with Crippen LogP contribution >= 0.6 is 15.9 Å². The zero-order valence-electron chi connectivity index (χ0n) is 9.77. The Bertz CT molecular complexity index is 550. The van der Waals surface area contributed by atoms with Crippen molar-refractivity contribution in [3.63, 3.8) is 0 Å². The van der Waals surface area contributed by atoms with Gasteiger partial charge in [0.25, 0.3) is 0 Å². The van der Waals surface area contributed by atoms with Crippen LogP contribution in [0.15, 0.2) is 48.5 Å². The van der Waals surface area contributed by atoms with E-state index in [1.807, 2.05) is 42.5 Å². The molecule has 0 aromatic heterocycles. The van der Waals surface area contributed by atoms with Crippen LogP contribution in [0.3, 0.4) is 0 Å². The molecule has 2 rings (SSSR count). The molecule has 92 valence electrons. The molecule has 0 radical (unpaired) electrons. The van der Waals surface area contributed by atoms with Gasteiger partial charge in [-0.3, -0.25) is 0 Å². The second-order valence-corrected chi connectivity index (χ2v) is 4.78. The third kappa shape index (κ3) is 2.79. The lowest BCUT2D eigenvalue weighted by molar-refractivity contribution is 0.0697. The van der Waals surface area contributed by atoms with Crippen molar-refractivity contribution in [3.8, 4) is 11.1 Å². The van der Waals surface area contributed by atoms with Gasteiger partial charge in [0.2, 0.25) is 0 Å². The minimum absolute atomic E-state index is 0.361. The summed E-state index contributed by atoms with van der Waals surface area (Å²) in [7, 11) is 0. The standard InChI is InChI=1S/C15H13BrO2/c16-9-8-11-6-7-13(14(10-11)15(17)18)12-4-2-1-3-5-12/h1-7,10H,8-9H2,(H,17,18). The molecule has 0 spiro atoms. The zero-order valence-corrected chi connectivity index (χ0v) is 11.4. The zero-order chi connectivity index (χ0) is 13.0. The number of alkyl halides is 1. The van der Waals surface area contributed by atoms with Crippen LogP contribution in [0.2, 0.25) is 0 Å². The molecule has 0 amide bonds. The lowest BCUT2D eigenvalue weighted by Gasteiger charge is -2.08. The summed E-state index contributed by atoms with van der Waals surface area (Å²) in [5.41, 5.74) is 3.09. The number of aryl methyl sites for hydroxylation is 1. The van der Waals surface area contributed by atoms with E-state index in [1.165, 1.54) is 0 Å². The van der Waals surface area contributed by atoms with Crippen LogP contribution in [-0.4, -0.2) is 16.4 Å². The average molecular weight is 305 g/mol. The summed E-state index contributed by atoms with van der Waals surface area (Å²) in [6.07, 6.45) is 0.829. The van der Waals surface area contributed by atoms with E-state index in [1.54, 1.807) is 6.07 Å². The first kappa shape index (κ1) is 12.8. The molecule has 0 aliphatic carbocycles. The molecule has 0 atom stereocenters. The third-order valence-corrected chi connectivity index (χ3v) is 3.18. The number of carbonyl (C=O) groups is 1. The molecular formula is C15H13BrO2. The molecule has 0 saturated heterocycles. The van der Waals surface area contributed by atoms with Crippen molar-refractivity contribution >= 4 is 21.9 Å². The Morgan fingerprint density at radius 3 is 2.44 bits per heavy atom. The molecule has 0 fully saturated rings. The fourth-order valence-electron chi connectivity index (χ4n) is 1.90. The first-order chi connectivity index (χ1) is 8.72. The minimum Gasteiger partial charge on any atom is -0.478 e. The quantitative estimate of drug-likeness (QED) is 0.867. The highest BCUT2D eigenvalue weighted by Crippen LogP contribution is 2.25. The molecule has 0 saturated carbocycles. The Morgan fingerprint density at radius 1 is 1.11 bits per heavy atom. The fourth-order valence-corrected chi connectivity index (χ4v) is 2.36. The van der Waals surface area contributed by atoms with E-state index < -0.39 is 5.97 Å². The van der Waals surface area contributed by atoms with Gasteiger partial charge in [-0.15, -0.1) is 0 Å². The van der Waals surface area contributed by atoms with Crippen molar-refractivity contribution < 1.29 is 9.90 Å². The fraction of sp³-hybridized carbons (Fsp3) is 0.133. The Balaban J connectivity index is 2.51. The summed E-state index contributed by atoms with van der Waals surface area (Å²) < 4.78 is 0. The predicted octanol–water partition coefficient (Wildman–Crippen LogP) is 3.99. The van der Waals surface area contributed by atoms with Crippen LogP contribution in [0.1, 0.15) is 15.9 Å². The third-order valence-electron chi connectivity index (χ3n) is 2.78. The maximum Gasteiger partial charge on any atom is 0.336 e. The Kier molecular flexibility index (Phi) is 4.15. The van der Waals surface area contributed by atoms with Crippen LogP contribution in [0, 0.1) is 0 Å². The van der Waals surface area contributed by atoms with Gasteiger partial charge in [0.15, 0.2) is 0 Å². The van der Waals surface area contributed by atoms with Crippen LogP contribution < -0.4 is 0 Å². The summed E-state index contributed by atoms with van der Waals surface area (Å²) in [4.78, 5) is 11.3. The van der Waals surface area contributed by atoms with Crippen molar-refractivity contribution in [1.82, 2.24) is 0 Å². The van der Waals surface area contributed by atoms with Crippen molar-refractivity contribution in [2.24, 2.45) is 0 Å². The number of benzene rings is 2. The molecule has 2 aromatic rings. The van der Waals surface area contributed by atoms with E-state index >= 15 is 0 Å². The molecule has 0 aliphatic heterocycles. The Morgan fingerprint density at radius 2 is 1.83 bits per heavy atom. The van der Waals surface area contributed by atoms with Gasteiger partial charge in [-0.05, 0) is 29.2 Å². The summed E-state index contributed by atoms with van der Waals surface area (Å²) in [6, 6.07) is 15.2. The van der Waals surface area contributed by atoms with Gasteiger partial charge >= 0.3 is 5.97 Å². The number of hydrogen-bond donors (Lipinski definition) is 1. The monoisotopic (exact) mass is 304 g/mol. The van der Waals surface area contributed by atoms with Gasteiger partial charge in [0.1, 0.15) is 0 Å². The SMILES string of the molecule is O=C(O)c1cc(CCBr)ccc1-c1ccccc1. The number of halogens is 1. The number of rotatable bonds is 4. The van der Waals surface area contributed by atoms with Crippen molar-refractivity contribution in [1.29, 1.82) is 0 Å². The second-order valence-electron chi connectivity index (χ2n) is 3.99. The van der Waals surface area contributed by atoms with Gasteiger partial charge in [0, 0.05) is 5.33 Å². The van der Waals surface area contributed by atoms with E-state index in [9.17, 15) is 9.90 Å². The van der Waals surface area contributed by atoms with E-state index in [2.05, 4.69) is 15.9 Å². The number of hydrogen-bond acceptors (Lipinski definition) is 1. The van der Waals surface area contributed by atoms with Crippen molar-refractivity contribution in [2.75, 3.05) is 5.33 Å². The largest absolute Gasteiger partial charge is 0.478 e. The van der Waals surface area contributed by atoms with Gasteiger partial charge < -0.3 is 5.11 Å². The van der Waals surface area contributed by atoms with E-state index in [0.29, 0.717) is 5.56 Å². The predicted molar refractivity (Wildman–Crippen MR) is 76.3 cm³/mol. The summed E-state index contributed by atoms with van der Waals surface area (Å²) in [6.45, 7) is 0. The molecule has 3 heteroatoms. The number of aromatic carboxylic acids is 1. The lowest BCUT2D eigenvalue weighted by Crippen LogP contribution is -2.01. The Hall–Kier alpha value is -1.61. The minimum atomic E-state index is -0.884. The molecule has 1 N–H and O–H groups in total. The van der Waals surface area contributed by atoms with Crippen LogP contribution in [0.5, 0.6) is 0 Å². The molecule has 0 bridgehead atoms. The number of carboxylic acids is 1. The van der Waals surface area contributed by atoms with E-state index in [0.717, 1.165) is 28.4 Å². The van der Waals surface area contributed by atoms with Crippen molar-refractivity contribution in [3.05, 3.63) is 59.7 Å². The molecule has 0 unspecified atom stereocenters. The first-order valence-corrected chi connectivity index (χ1v) is 6.82. The van der Waals surface area contributed by atoms with Crippen LogP contribution in [0.4, 0.5) is 0 Å². The molecular weight excluding hydrogens is 292 g/mol. The molecule has 0 aliphatic rings. The molecule has 2 nitrogen and oxygen atoms in total. The van der Waals surface area contributed by atoms with Gasteiger partial charge in [-0.1, -0.05) is 58.4 Å². The highest BCUT2D eigenvalue weighted by Gasteiger charge is 2.12. The van der Waals surface area contributed by atoms with Gasteiger partial charge in [0.05, 0.1) is 5.56 Å². The van der Waals surface area contributed by atoms with Gasteiger partial charge in [-0.25, -0.2) is 4.79 Å². The highest BCUT2D eigenvalue weighted by molar-refractivity contribution is 9.09. The van der Waals surface area contributed by atoms with Gasteiger partial charge in [-0.2, -0.15) is 0 Å². The summed E-state index contributed by atoms with van der Waals surface area (Å²) in [5.74, 6) is -0.884. The molecule has 2 aromatic carbocycles. The highest BCUT2D eigenvalue weighted by atomic mass is 79.9. The van der Waals surface area contributed by atoms with Crippen molar-refractivity contribution in [2.45, 2.75) is 6.42 Å². The topological polar surface area (TPSA) is 37.3 Å². The lowest BCUT2D eigenvalue weighted by atomic mass is 9.97. The number of carboxylic acid groups (broad SMARTS) is 1. The van der Waals surface area contributed by atoms with Crippen LogP contribution in [-0.2, 0) is 6.42 Å². The normalized spacial score (nSPS) is 10.3. The Labute approximate surface area is 114 Å². The maximum atomic E-state index is 11.3. The summed E-state index contributed by atoms with van der Waals surface area (Å²) in [5, 5.41) is 10.1. The second kappa shape index (κ2) is 5.83. The van der Waals surface area contributed by atoms with E-state index in [4.69, 9.17) is 0 Å². The smallest absolute Gasteiger partial charge is 0.336 e. The first-order valence-electron chi connectivity index (χ1n) is 5.70.